The zero-order valence-corrected chi connectivity index (χ0v) is 11.7. The van der Waals surface area contributed by atoms with Gasteiger partial charge in [0.15, 0.2) is 0 Å². The van der Waals surface area contributed by atoms with E-state index < -0.39 is 35.8 Å². The number of anilines is 1. The summed E-state index contributed by atoms with van der Waals surface area (Å²) < 4.78 is 81.6. The lowest BCUT2D eigenvalue weighted by Crippen LogP contribution is -2.21. The van der Waals surface area contributed by atoms with Gasteiger partial charge in [0.05, 0.1) is 0 Å². The van der Waals surface area contributed by atoms with Crippen LogP contribution in [0.4, 0.5) is 32.0 Å². The molecule has 3 nitrogen and oxygen atoms in total. The van der Waals surface area contributed by atoms with Crippen LogP contribution in [0.15, 0.2) is 24.3 Å². The molecule has 1 aromatic heterocycles. The molecule has 0 atom stereocenters. The third-order valence-electron chi connectivity index (χ3n) is 2.92. The smallest absolute Gasteiger partial charge is 0.387 e. The topological polar surface area (TPSA) is 25.4 Å². The van der Waals surface area contributed by atoms with E-state index in [1.54, 1.807) is 0 Å². The molecular formula is C14H10F6N2O. The van der Waals surface area contributed by atoms with Crippen molar-refractivity contribution in [2.75, 3.05) is 11.9 Å². The minimum atomic E-state index is -2.98. The summed E-state index contributed by atoms with van der Waals surface area (Å²) >= 11 is 0. The molecule has 0 aliphatic heterocycles. The van der Waals surface area contributed by atoms with E-state index in [1.165, 1.54) is 31.3 Å². The van der Waals surface area contributed by atoms with Gasteiger partial charge >= 0.3 is 6.61 Å². The van der Waals surface area contributed by atoms with Gasteiger partial charge in [-0.15, -0.1) is 0 Å². The van der Waals surface area contributed by atoms with Crippen molar-refractivity contribution in [2.24, 2.45) is 0 Å². The number of alkyl halides is 2. The van der Waals surface area contributed by atoms with Gasteiger partial charge in [-0.25, -0.2) is 0 Å². The molecule has 9 heteroatoms. The first kappa shape index (κ1) is 16.9. The van der Waals surface area contributed by atoms with Crippen LogP contribution in [0, 0.1) is 23.5 Å². The molecule has 0 unspecified atom stereocenters. The molecule has 0 bridgehead atoms. The summed E-state index contributed by atoms with van der Waals surface area (Å²) in [7, 11) is 1.21. The van der Waals surface area contributed by atoms with Crippen LogP contribution >= 0.6 is 0 Å². The number of aromatic nitrogens is 1. The first-order valence-corrected chi connectivity index (χ1v) is 6.24. The number of benzene rings is 1. The molecule has 2 aromatic rings. The summed E-state index contributed by atoms with van der Waals surface area (Å²) in [6.07, 6.45) is 0. The van der Waals surface area contributed by atoms with Crippen molar-refractivity contribution in [2.45, 2.75) is 13.2 Å². The van der Waals surface area contributed by atoms with Crippen LogP contribution in [-0.2, 0) is 6.54 Å². The van der Waals surface area contributed by atoms with Crippen molar-refractivity contribution in [3.8, 4) is 5.75 Å². The molecule has 23 heavy (non-hydrogen) atoms. The summed E-state index contributed by atoms with van der Waals surface area (Å²) in [4.78, 5) is 3.40. The second-order valence-corrected chi connectivity index (χ2v) is 4.55. The van der Waals surface area contributed by atoms with E-state index in [9.17, 15) is 26.3 Å². The average molecular weight is 336 g/mol. The Bertz CT molecular complexity index is 666. The Hall–Kier alpha value is -2.45. The Morgan fingerprint density at radius 1 is 1.00 bits per heavy atom. The maximum Gasteiger partial charge on any atom is 0.387 e. The number of ether oxygens (including phenoxy) is 1. The zero-order valence-electron chi connectivity index (χ0n) is 11.7. The summed E-state index contributed by atoms with van der Waals surface area (Å²) in [5.41, 5.74) is -0.464. The molecular weight excluding hydrogens is 326 g/mol. The highest BCUT2D eigenvalue weighted by atomic mass is 19.3. The minimum Gasteiger partial charge on any atom is -0.435 e. The van der Waals surface area contributed by atoms with Gasteiger partial charge in [-0.2, -0.15) is 31.3 Å². The predicted molar refractivity (Wildman–Crippen MR) is 69.2 cm³/mol. The number of nitrogens with zero attached hydrogens (tertiary/aromatic N) is 2. The Labute approximate surface area is 127 Å². The normalized spacial score (nSPS) is 11.0. The van der Waals surface area contributed by atoms with Crippen LogP contribution in [0.5, 0.6) is 5.75 Å². The lowest BCUT2D eigenvalue weighted by molar-refractivity contribution is -0.0498. The zero-order chi connectivity index (χ0) is 17.1. The average Bonchev–Trinajstić information content (AvgIpc) is 2.47. The van der Waals surface area contributed by atoms with Crippen LogP contribution in [0.3, 0.4) is 0 Å². The molecule has 1 heterocycles. The number of hydrogen-bond acceptors (Lipinski definition) is 3. The summed E-state index contributed by atoms with van der Waals surface area (Å²) in [6, 6.07) is 5.21. The third-order valence-corrected chi connectivity index (χ3v) is 2.92. The van der Waals surface area contributed by atoms with Crippen molar-refractivity contribution in [1.82, 2.24) is 4.98 Å². The van der Waals surface area contributed by atoms with Gasteiger partial charge in [0, 0.05) is 13.6 Å². The van der Waals surface area contributed by atoms with E-state index in [2.05, 4.69) is 9.72 Å². The summed E-state index contributed by atoms with van der Waals surface area (Å²) in [5, 5.41) is 0. The van der Waals surface area contributed by atoms with Crippen LogP contribution in [-0.4, -0.2) is 18.6 Å². The fourth-order valence-corrected chi connectivity index (χ4v) is 1.94. The number of halogens is 6. The first-order valence-electron chi connectivity index (χ1n) is 6.24. The Morgan fingerprint density at radius 2 is 1.52 bits per heavy atom. The monoisotopic (exact) mass is 336 g/mol. The summed E-state index contributed by atoms with van der Waals surface area (Å²) in [5.74, 6) is -6.85. The van der Waals surface area contributed by atoms with E-state index in [1.807, 2.05) is 0 Å². The second-order valence-electron chi connectivity index (χ2n) is 4.55. The Balaban J connectivity index is 2.21. The number of pyridine rings is 1. The highest BCUT2D eigenvalue weighted by molar-refractivity contribution is 5.48. The van der Waals surface area contributed by atoms with Crippen molar-refractivity contribution in [1.29, 1.82) is 0 Å². The number of rotatable bonds is 5. The van der Waals surface area contributed by atoms with Crippen LogP contribution in [0.2, 0.25) is 0 Å². The van der Waals surface area contributed by atoms with Crippen LogP contribution in [0.1, 0.15) is 5.56 Å². The van der Waals surface area contributed by atoms with E-state index in [0.717, 1.165) is 4.90 Å². The summed E-state index contributed by atoms with van der Waals surface area (Å²) in [6.45, 7) is -3.11. The minimum absolute atomic E-state index is 0.0928. The Kier molecular flexibility index (Phi) is 4.97. The maximum absolute atomic E-state index is 13.6. The Morgan fingerprint density at radius 3 is 2.00 bits per heavy atom. The van der Waals surface area contributed by atoms with Gasteiger partial charge < -0.3 is 9.64 Å². The molecule has 1 aromatic carbocycles. The second kappa shape index (κ2) is 6.76. The molecule has 0 spiro atoms. The maximum atomic E-state index is 13.6. The molecule has 0 saturated heterocycles. The van der Waals surface area contributed by atoms with Gasteiger partial charge in [-0.3, -0.25) is 0 Å². The van der Waals surface area contributed by atoms with Crippen LogP contribution in [0.25, 0.3) is 0 Å². The molecule has 124 valence electrons. The van der Waals surface area contributed by atoms with Crippen molar-refractivity contribution in [3.05, 3.63) is 53.4 Å². The quantitative estimate of drug-likeness (QED) is 0.612. The van der Waals surface area contributed by atoms with Gasteiger partial charge in [0.2, 0.25) is 11.6 Å². The molecule has 0 saturated carbocycles. The largest absolute Gasteiger partial charge is 0.435 e. The number of hydrogen-bond donors (Lipinski definition) is 0. The SMILES string of the molecule is CN(Cc1ccc(OC(F)F)cc1)c1c(F)c(F)nc(F)c1F. The standard InChI is InChI=1S/C14H10F6N2O/c1-22(11-9(15)12(17)21-13(18)10(11)16)6-7-2-4-8(5-3-7)23-14(19)20/h2-5,14H,6H2,1H3. The van der Waals surface area contributed by atoms with E-state index >= 15 is 0 Å². The highest BCUT2D eigenvalue weighted by Gasteiger charge is 2.23. The van der Waals surface area contributed by atoms with Gasteiger partial charge in [-0.05, 0) is 17.7 Å². The van der Waals surface area contributed by atoms with Gasteiger partial charge in [0.1, 0.15) is 11.4 Å². The van der Waals surface area contributed by atoms with Crippen molar-refractivity contribution >= 4 is 5.69 Å². The van der Waals surface area contributed by atoms with Gasteiger partial charge in [-0.1, -0.05) is 12.1 Å². The lowest BCUT2D eigenvalue weighted by Gasteiger charge is -2.20. The van der Waals surface area contributed by atoms with Crippen LogP contribution < -0.4 is 9.64 Å². The van der Waals surface area contributed by atoms with E-state index in [-0.39, 0.29) is 12.3 Å². The molecule has 0 N–H and O–H groups in total. The fourth-order valence-electron chi connectivity index (χ4n) is 1.94. The lowest BCUT2D eigenvalue weighted by atomic mass is 10.2. The highest BCUT2D eigenvalue weighted by Crippen LogP contribution is 2.26. The van der Waals surface area contributed by atoms with Crippen molar-refractivity contribution in [3.63, 3.8) is 0 Å². The molecule has 0 fully saturated rings. The predicted octanol–water partition coefficient (Wildman–Crippen LogP) is 3.88. The molecule has 0 radical (unpaired) electrons. The first-order chi connectivity index (χ1) is 10.8. The van der Waals surface area contributed by atoms with E-state index in [0.29, 0.717) is 5.56 Å². The van der Waals surface area contributed by atoms with Crippen molar-refractivity contribution < 1.29 is 31.1 Å². The fraction of sp³-hybridized carbons (Fsp3) is 0.214. The molecule has 0 amide bonds. The molecule has 0 aliphatic rings. The molecule has 0 aliphatic carbocycles. The third kappa shape index (κ3) is 3.85. The molecule has 2 rings (SSSR count). The van der Waals surface area contributed by atoms with Gasteiger partial charge in [0.25, 0.3) is 11.9 Å². The van der Waals surface area contributed by atoms with E-state index in [4.69, 9.17) is 0 Å².